The number of nitrogens with zero attached hydrogens (tertiary/aromatic N) is 2. The molecule has 2 aromatic rings. The summed E-state index contributed by atoms with van der Waals surface area (Å²) in [5.41, 5.74) is 4.87. The number of amides is 1. The van der Waals surface area contributed by atoms with Crippen molar-refractivity contribution in [2.24, 2.45) is 5.41 Å². The van der Waals surface area contributed by atoms with Gasteiger partial charge in [-0.2, -0.15) is 0 Å². The standard InChI is InChI=1S/C25H32N2O2/c1-19-7-8-22(15-20(19)2)24(28)27-14-11-25(18-27)9-12-26(13-10-25)17-21-5-4-6-23(16-21)29-3/h4-8,15-16H,9-14,17-18H2,1-3H3. The van der Waals surface area contributed by atoms with Gasteiger partial charge in [-0.05, 0) is 92.6 Å². The molecule has 0 saturated carbocycles. The molecule has 4 heteroatoms. The van der Waals surface area contributed by atoms with E-state index in [0.29, 0.717) is 5.41 Å². The number of rotatable bonds is 4. The van der Waals surface area contributed by atoms with Crippen LogP contribution >= 0.6 is 0 Å². The van der Waals surface area contributed by atoms with E-state index in [2.05, 4.69) is 47.9 Å². The fourth-order valence-corrected chi connectivity index (χ4v) is 4.79. The first kappa shape index (κ1) is 20.0. The highest BCUT2D eigenvalue weighted by molar-refractivity contribution is 5.94. The van der Waals surface area contributed by atoms with E-state index in [1.165, 1.54) is 29.5 Å². The number of likely N-dealkylation sites (tertiary alicyclic amines) is 2. The summed E-state index contributed by atoms with van der Waals surface area (Å²) in [5, 5.41) is 0. The van der Waals surface area contributed by atoms with Crippen LogP contribution in [0.3, 0.4) is 0 Å². The zero-order valence-electron chi connectivity index (χ0n) is 17.9. The Morgan fingerprint density at radius 3 is 2.48 bits per heavy atom. The third-order valence-corrected chi connectivity index (χ3v) is 6.94. The van der Waals surface area contributed by atoms with Gasteiger partial charge in [0, 0.05) is 25.2 Å². The molecule has 2 heterocycles. The lowest BCUT2D eigenvalue weighted by atomic mass is 9.77. The van der Waals surface area contributed by atoms with Gasteiger partial charge in [0.15, 0.2) is 0 Å². The van der Waals surface area contributed by atoms with Gasteiger partial charge < -0.3 is 9.64 Å². The van der Waals surface area contributed by atoms with E-state index in [1.54, 1.807) is 7.11 Å². The maximum atomic E-state index is 13.0. The highest BCUT2D eigenvalue weighted by Crippen LogP contribution is 2.41. The summed E-state index contributed by atoms with van der Waals surface area (Å²) in [4.78, 5) is 17.6. The first-order valence-corrected chi connectivity index (χ1v) is 10.7. The van der Waals surface area contributed by atoms with Crippen LogP contribution in [0.25, 0.3) is 0 Å². The summed E-state index contributed by atoms with van der Waals surface area (Å²) >= 11 is 0. The molecule has 0 bridgehead atoms. The van der Waals surface area contributed by atoms with Gasteiger partial charge in [-0.25, -0.2) is 0 Å². The van der Waals surface area contributed by atoms with Crippen molar-refractivity contribution >= 4 is 5.91 Å². The predicted molar refractivity (Wildman–Crippen MR) is 116 cm³/mol. The number of piperidine rings is 1. The summed E-state index contributed by atoms with van der Waals surface area (Å²) in [7, 11) is 1.72. The number of carbonyl (C=O) groups is 1. The van der Waals surface area contributed by atoms with Crippen LogP contribution in [-0.2, 0) is 6.54 Å². The van der Waals surface area contributed by atoms with Gasteiger partial charge in [-0.15, -0.1) is 0 Å². The molecule has 2 saturated heterocycles. The van der Waals surface area contributed by atoms with E-state index in [-0.39, 0.29) is 5.91 Å². The van der Waals surface area contributed by atoms with Crippen molar-refractivity contribution in [2.45, 2.75) is 39.7 Å². The molecule has 1 amide bonds. The van der Waals surface area contributed by atoms with E-state index in [9.17, 15) is 4.79 Å². The fourth-order valence-electron chi connectivity index (χ4n) is 4.79. The number of benzene rings is 2. The maximum Gasteiger partial charge on any atom is 0.253 e. The third-order valence-electron chi connectivity index (χ3n) is 6.94. The molecule has 0 atom stereocenters. The third kappa shape index (κ3) is 4.32. The van der Waals surface area contributed by atoms with Crippen molar-refractivity contribution < 1.29 is 9.53 Å². The molecule has 4 nitrogen and oxygen atoms in total. The van der Waals surface area contributed by atoms with Crippen molar-refractivity contribution in [3.63, 3.8) is 0 Å². The lowest BCUT2D eigenvalue weighted by Crippen LogP contribution is -2.42. The van der Waals surface area contributed by atoms with Crippen molar-refractivity contribution in [3.8, 4) is 5.75 Å². The maximum absolute atomic E-state index is 13.0. The Bertz CT molecular complexity index is 884. The van der Waals surface area contributed by atoms with E-state index in [0.717, 1.165) is 50.5 Å². The predicted octanol–water partition coefficient (Wildman–Crippen LogP) is 4.44. The molecular formula is C25H32N2O2. The monoisotopic (exact) mass is 392 g/mol. The Morgan fingerprint density at radius 1 is 1.00 bits per heavy atom. The van der Waals surface area contributed by atoms with Gasteiger partial charge in [0.2, 0.25) is 0 Å². The first-order chi connectivity index (χ1) is 14.0. The Balaban J connectivity index is 1.34. The van der Waals surface area contributed by atoms with Crippen LogP contribution in [0.5, 0.6) is 5.75 Å². The summed E-state index contributed by atoms with van der Waals surface area (Å²) in [6, 6.07) is 14.4. The molecule has 2 aliphatic heterocycles. The van der Waals surface area contributed by atoms with Gasteiger partial charge in [-0.1, -0.05) is 18.2 Å². The zero-order chi connectivity index (χ0) is 20.4. The van der Waals surface area contributed by atoms with Gasteiger partial charge >= 0.3 is 0 Å². The Morgan fingerprint density at radius 2 is 1.76 bits per heavy atom. The van der Waals surface area contributed by atoms with Gasteiger partial charge in [0.25, 0.3) is 5.91 Å². The van der Waals surface area contributed by atoms with Crippen LogP contribution in [0.4, 0.5) is 0 Å². The second kappa shape index (κ2) is 8.19. The summed E-state index contributed by atoms with van der Waals surface area (Å²) in [6.07, 6.45) is 3.48. The van der Waals surface area contributed by atoms with Gasteiger partial charge in [-0.3, -0.25) is 9.69 Å². The lowest BCUT2D eigenvalue weighted by molar-refractivity contribution is 0.0713. The average molecular weight is 393 g/mol. The average Bonchev–Trinajstić information content (AvgIpc) is 3.15. The number of hydrogen-bond acceptors (Lipinski definition) is 3. The smallest absolute Gasteiger partial charge is 0.253 e. The molecule has 2 aromatic carbocycles. The van der Waals surface area contributed by atoms with Crippen LogP contribution < -0.4 is 4.74 Å². The van der Waals surface area contributed by atoms with Crippen LogP contribution in [0, 0.1) is 19.3 Å². The number of carbonyl (C=O) groups excluding carboxylic acids is 1. The van der Waals surface area contributed by atoms with Crippen LogP contribution in [0.2, 0.25) is 0 Å². The molecule has 0 radical (unpaired) electrons. The molecule has 4 rings (SSSR count). The zero-order valence-corrected chi connectivity index (χ0v) is 17.9. The summed E-state index contributed by atoms with van der Waals surface area (Å²) in [5.74, 6) is 1.12. The Hall–Kier alpha value is -2.33. The number of ether oxygens (including phenoxy) is 1. The largest absolute Gasteiger partial charge is 0.497 e. The van der Waals surface area contributed by atoms with E-state index in [4.69, 9.17) is 4.74 Å². The van der Waals surface area contributed by atoms with E-state index >= 15 is 0 Å². The van der Waals surface area contributed by atoms with E-state index < -0.39 is 0 Å². The van der Waals surface area contributed by atoms with Gasteiger partial charge in [0.05, 0.1) is 7.11 Å². The van der Waals surface area contributed by atoms with Crippen LogP contribution in [0.1, 0.15) is 46.3 Å². The van der Waals surface area contributed by atoms with Crippen LogP contribution in [0.15, 0.2) is 42.5 Å². The number of hydrogen-bond donors (Lipinski definition) is 0. The van der Waals surface area contributed by atoms with Crippen molar-refractivity contribution in [1.82, 2.24) is 9.80 Å². The Labute approximate surface area is 174 Å². The minimum Gasteiger partial charge on any atom is -0.497 e. The number of methoxy groups -OCH3 is 1. The molecular weight excluding hydrogens is 360 g/mol. The van der Waals surface area contributed by atoms with Gasteiger partial charge in [0.1, 0.15) is 5.75 Å². The molecule has 0 N–H and O–H groups in total. The van der Waals surface area contributed by atoms with Crippen molar-refractivity contribution in [1.29, 1.82) is 0 Å². The molecule has 2 fully saturated rings. The topological polar surface area (TPSA) is 32.8 Å². The first-order valence-electron chi connectivity index (χ1n) is 10.7. The lowest BCUT2D eigenvalue weighted by Gasteiger charge is -2.39. The van der Waals surface area contributed by atoms with Crippen molar-refractivity contribution in [3.05, 3.63) is 64.7 Å². The summed E-state index contributed by atoms with van der Waals surface area (Å²) in [6.45, 7) is 9.14. The highest BCUT2D eigenvalue weighted by atomic mass is 16.5. The second-order valence-corrected chi connectivity index (χ2v) is 8.90. The Kier molecular flexibility index (Phi) is 5.64. The number of aryl methyl sites for hydroxylation is 2. The molecule has 29 heavy (non-hydrogen) atoms. The van der Waals surface area contributed by atoms with Crippen molar-refractivity contribution in [2.75, 3.05) is 33.3 Å². The minimum absolute atomic E-state index is 0.198. The SMILES string of the molecule is COc1cccc(CN2CCC3(CC2)CCN(C(=O)c2ccc(C)c(C)c2)C3)c1. The molecule has 0 aromatic heterocycles. The minimum atomic E-state index is 0.198. The quantitative estimate of drug-likeness (QED) is 0.771. The van der Waals surface area contributed by atoms with E-state index in [1.807, 2.05) is 18.2 Å². The van der Waals surface area contributed by atoms with Crippen LogP contribution in [-0.4, -0.2) is 49.0 Å². The summed E-state index contributed by atoms with van der Waals surface area (Å²) < 4.78 is 5.35. The molecule has 0 unspecified atom stereocenters. The highest BCUT2D eigenvalue weighted by Gasteiger charge is 2.42. The molecule has 2 aliphatic rings. The molecule has 0 aliphatic carbocycles. The molecule has 1 spiro atoms. The fraction of sp³-hybridized carbons (Fsp3) is 0.480. The second-order valence-electron chi connectivity index (χ2n) is 8.90. The normalized spacial score (nSPS) is 18.9. The molecule has 154 valence electrons.